The summed E-state index contributed by atoms with van der Waals surface area (Å²) in [4.78, 5) is 22.4. The van der Waals surface area contributed by atoms with Crippen molar-refractivity contribution < 1.29 is 38.4 Å². The van der Waals surface area contributed by atoms with Crippen LogP contribution in [0.4, 0.5) is 0 Å². The van der Waals surface area contributed by atoms with Crippen LogP contribution in [0.1, 0.15) is 56.0 Å². The van der Waals surface area contributed by atoms with Gasteiger partial charge in [0.2, 0.25) is 0 Å². The molecule has 33 heavy (non-hydrogen) atoms. The van der Waals surface area contributed by atoms with Crippen LogP contribution in [0.25, 0.3) is 0 Å². The van der Waals surface area contributed by atoms with Crippen LogP contribution in [0, 0.1) is 5.41 Å². The van der Waals surface area contributed by atoms with Gasteiger partial charge in [0.25, 0.3) is 0 Å². The number of aryl methyl sites for hydroxylation is 1. The van der Waals surface area contributed by atoms with E-state index in [1.165, 1.54) is 0 Å². The van der Waals surface area contributed by atoms with Gasteiger partial charge in [-0.25, -0.2) is 0 Å². The third-order valence-corrected chi connectivity index (χ3v) is 5.32. The Morgan fingerprint density at radius 2 is 1.55 bits per heavy atom. The summed E-state index contributed by atoms with van der Waals surface area (Å²) < 4.78 is 28.1. The molecule has 8 heteroatoms. The average Bonchev–Trinajstić information content (AvgIpc) is 2.75. The Hall–Kier alpha value is -2.00. The highest BCUT2D eigenvalue weighted by atomic mass is 16.6. The Morgan fingerprint density at radius 1 is 0.939 bits per heavy atom. The number of benzene rings is 1. The van der Waals surface area contributed by atoms with Gasteiger partial charge in [0, 0.05) is 17.4 Å². The van der Waals surface area contributed by atoms with Crippen LogP contribution in [0.2, 0.25) is 0 Å². The number of hydrogen-bond donors (Lipinski definition) is 1. The van der Waals surface area contributed by atoms with E-state index in [1.807, 2.05) is 18.2 Å². The number of carbonyl (C=O) groups excluding carboxylic acids is 1. The van der Waals surface area contributed by atoms with Crippen LogP contribution in [-0.4, -0.2) is 75.8 Å². The summed E-state index contributed by atoms with van der Waals surface area (Å²) in [5.74, 6) is 0.114. The minimum Gasteiger partial charge on any atom is -0.487 e. The van der Waals surface area contributed by atoms with Crippen molar-refractivity contribution in [2.75, 3.05) is 52.9 Å². The molecule has 1 aromatic rings. The lowest BCUT2D eigenvalue weighted by Gasteiger charge is -2.31. The number of carboxylic acids is 1. The van der Waals surface area contributed by atoms with Crippen molar-refractivity contribution >= 4 is 11.8 Å². The molecule has 0 fully saturated rings. The molecule has 2 rings (SSSR count). The molecular formula is C25H38O8. The highest BCUT2D eigenvalue weighted by Crippen LogP contribution is 2.29. The number of aliphatic carboxylic acids is 1. The van der Waals surface area contributed by atoms with Gasteiger partial charge in [0.15, 0.2) is 5.78 Å². The number of carbonyl (C=O) groups is 2. The fourth-order valence-electron chi connectivity index (χ4n) is 3.33. The summed E-state index contributed by atoms with van der Waals surface area (Å²) in [5, 5.41) is 8.50. The fourth-order valence-corrected chi connectivity index (χ4v) is 3.33. The zero-order chi connectivity index (χ0) is 24.1. The fraction of sp³-hybridized carbons (Fsp3) is 0.680. The van der Waals surface area contributed by atoms with E-state index in [0.717, 1.165) is 29.7 Å². The van der Waals surface area contributed by atoms with Crippen LogP contribution in [-0.2, 0) is 30.2 Å². The predicted molar refractivity (Wildman–Crippen MR) is 123 cm³/mol. The Morgan fingerprint density at radius 3 is 2.15 bits per heavy atom. The standard InChI is InChI=1S/C25H38O8/c1-25(2,3)23(33-20-7-8-21-19(17-20)5-4-6-22(21)26)18-32-16-15-31-14-13-30-12-11-29-10-9-24(27)28/h7-8,17,23H,4-6,9-16,18H2,1-3H3,(H,27,28). The molecule has 186 valence electrons. The Kier molecular flexibility index (Phi) is 11.8. The lowest BCUT2D eigenvalue weighted by Crippen LogP contribution is -2.37. The van der Waals surface area contributed by atoms with E-state index >= 15 is 0 Å². The topological polar surface area (TPSA) is 101 Å². The van der Waals surface area contributed by atoms with Crippen molar-refractivity contribution in [2.45, 2.75) is 52.6 Å². The van der Waals surface area contributed by atoms with Gasteiger partial charge in [-0.2, -0.15) is 0 Å². The Balaban J connectivity index is 1.60. The van der Waals surface area contributed by atoms with Gasteiger partial charge in [-0.3, -0.25) is 9.59 Å². The molecule has 0 radical (unpaired) electrons. The van der Waals surface area contributed by atoms with Crippen LogP contribution >= 0.6 is 0 Å². The second-order valence-electron chi connectivity index (χ2n) is 9.12. The van der Waals surface area contributed by atoms with Gasteiger partial charge < -0.3 is 28.8 Å². The van der Waals surface area contributed by atoms with Crippen molar-refractivity contribution in [3.05, 3.63) is 29.3 Å². The molecule has 0 aliphatic heterocycles. The van der Waals surface area contributed by atoms with Crippen LogP contribution < -0.4 is 4.74 Å². The van der Waals surface area contributed by atoms with Crippen LogP contribution in [0.15, 0.2) is 18.2 Å². The molecule has 1 aliphatic rings. The van der Waals surface area contributed by atoms with Gasteiger partial charge in [-0.15, -0.1) is 0 Å². The monoisotopic (exact) mass is 466 g/mol. The number of ketones is 1. The zero-order valence-electron chi connectivity index (χ0n) is 20.1. The Bertz CT molecular complexity index is 740. The summed E-state index contributed by atoms with van der Waals surface area (Å²) in [5.41, 5.74) is 1.77. The van der Waals surface area contributed by atoms with E-state index in [9.17, 15) is 9.59 Å². The van der Waals surface area contributed by atoms with E-state index in [1.54, 1.807) is 0 Å². The molecule has 1 unspecified atom stereocenters. The van der Waals surface area contributed by atoms with E-state index in [4.69, 9.17) is 28.8 Å². The first kappa shape index (κ1) is 27.2. The normalized spacial score (nSPS) is 14.7. The first-order chi connectivity index (χ1) is 15.8. The maximum absolute atomic E-state index is 12.0. The highest BCUT2D eigenvalue weighted by Gasteiger charge is 2.27. The van der Waals surface area contributed by atoms with Crippen molar-refractivity contribution in [2.24, 2.45) is 5.41 Å². The average molecular weight is 467 g/mol. The van der Waals surface area contributed by atoms with Crippen LogP contribution in [0.3, 0.4) is 0 Å². The second kappa shape index (κ2) is 14.3. The third kappa shape index (κ3) is 10.6. The van der Waals surface area contributed by atoms with E-state index in [0.29, 0.717) is 52.7 Å². The molecule has 0 saturated carbocycles. The predicted octanol–water partition coefficient (Wildman–Crippen LogP) is 3.54. The molecule has 8 nitrogen and oxygen atoms in total. The molecule has 1 atom stereocenters. The van der Waals surface area contributed by atoms with E-state index in [2.05, 4.69) is 20.8 Å². The molecule has 1 aliphatic carbocycles. The zero-order valence-corrected chi connectivity index (χ0v) is 20.1. The SMILES string of the molecule is CC(C)(C)C(COCCOCCOCCOCCC(=O)O)Oc1ccc2c(c1)CCCC2=O. The highest BCUT2D eigenvalue weighted by molar-refractivity contribution is 5.98. The molecular weight excluding hydrogens is 428 g/mol. The lowest BCUT2D eigenvalue weighted by molar-refractivity contribution is -0.138. The van der Waals surface area contributed by atoms with Gasteiger partial charge in [-0.1, -0.05) is 20.8 Å². The molecule has 0 bridgehead atoms. The molecule has 0 saturated heterocycles. The quantitative estimate of drug-likeness (QED) is 0.369. The van der Waals surface area contributed by atoms with E-state index < -0.39 is 5.97 Å². The number of fused-ring (bicyclic) bond motifs is 1. The summed E-state index contributed by atoms with van der Waals surface area (Å²) in [6, 6.07) is 5.75. The maximum Gasteiger partial charge on any atom is 0.305 e. The lowest BCUT2D eigenvalue weighted by atomic mass is 9.89. The minimum atomic E-state index is -0.872. The molecule has 1 aromatic carbocycles. The molecule has 0 spiro atoms. The molecule has 1 N–H and O–H groups in total. The summed E-state index contributed by atoms with van der Waals surface area (Å²) in [6.07, 6.45) is 2.29. The van der Waals surface area contributed by atoms with Crippen molar-refractivity contribution in [3.8, 4) is 5.75 Å². The van der Waals surface area contributed by atoms with Gasteiger partial charge in [0.05, 0.1) is 59.3 Å². The van der Waals surface area contributed by atoms with E-state index in [-0.39, 0.29) is 30.3 Å². The minimum absolute atomic E-state index is 0.00144. The molecule has 0 aromatic heterocycles. The summed E-state index contributed by atoms with van der Waals surface area (Å²) in [6.45, 7) is 9.54. The van der Waals surface area contributed by atoms with Gasteiger partial charge >= 0.3 is 5.97 Å². The maximum atomic E-state index is 12.0. The first-order valence-corrected chi connectivity index (χ1v) is 11.6. The van der Waals surface area contributed by atoms with Crippen molar-refractivity contribution in [1.29, 1.82) is 0 Å². The van der Waals surface area contributed by atoms with Crippen molar-refractivity contribution in [3.63, 3.8) is 0 Å². The number of rotatable bonds is 16. The molecule has 0 heterocycles. The van der Waals surface area contributed by atoms with Crippen LogP contribution in [0.5, 0.6) is 5.75 Å². The summed E-state index contributed by atoms with van der Waals surface area (Å²) >= 11 is 0. The Labute approximate surface area is 196 Å². The summed E-state index contributed by atoms with van der Waals surface area (Å²) in [7, 11) is 0. The second-order valence-corrected chi connectivity index (χ2v) is 9.12. The molecule has 0 amide bonds. The van der Waals surface area contributed by atoms with Gasteiger partial charge in [-0.05, 0) is 36.6 Å². The number of carboxylic acid groups (broad SMARTS) is 1. The third-order valence-electron chi connectivity index (χ3n) is 5.32. The largest absolute Gasteiger partial charge is 0.487 e. The first-order valence-electron chi connectivity index (χ1n) is 11.6. The van der Waals surface area contributed by atoms with Gasteiger partial charge in [0.1, 0.15) is 11.9 Å². The number of Topliss-reactive ketones (excluding diaryl/α,β-unsaturated/α-hetero) is 1. The number of ether oxygens (including phenoxy) is 5. The van der Waals surface area contributed by atoms with Crippen molar-refractivity contribution in [1.82, 2.24) is 0 Å². The number of hydrogen-bond acceptors (Lipinski definition) is 7. The smallest absolute Gasteiger partial charge is 0.305 e.